The minimum Gasteiger partial charge on any atom is -0.372 e. The molecule has 0 saturated carbocycles. The molecule has 1 saturated heterocycles. The first-order valence-corrected chi connectivity index (χ1v) is 5.61. The number of piperidine rings is 1. The third kappa shape index (κ3) is 3.04. The summed E-state index contributed by atoms with van der Waals surface area (Å²) in [4.78, 5) is 0. The second-order valence-electron chi connectivity index (χ2n) is 4.35. The molecule has 2 heterocycles. The van der Waals surface area contributed by atoms with Crippen LogP contribution in [0.1, 0.15) is 19.8 Å². The van der Waals surface area contributed by atoms with Gasteiger partial charge in [0.25, 0.3) is 0 Å². The summed E-state index contributed by atoms with van der Waals surface area (Å²) >= 11 is 0. The van der Waals surface area contributed by atoms with E-state index in [9.17, 15) is 0 Å². The van der Waals surface area contributed by atoms with Crippen LogP contribution in [0.4, 0.5) is 0 Å². The summed E-state index contributed by atoms with van der Waals surface area (Å²) in [5, 5.41) is 7.51. The summed E-state index contributed by atoms with van der Waals surface area (Å²) in [6, 6.07) is 1.93. The maximum absolute atomic E-state index is 5.92. The van der Waals surface area contributed by atoms with Crippen LogP contribution in [0.3, 0.4) is 0 Å². The Morgan fingerprint density at radius 3 is 3.20 bits per heavy atom. The lowest BCUT2D eigenvalue weighted by Gasteiger charge is -2.34. The highest BCUT2D eigenvalue weighted by Crippen LogP contribution is 2.19. The highest BCUT2D eigenvalue weighted by atomic mass is 16.5. The van der Waals surface area contributed by atoms with E-state index in [2.05, 4.69) is 17.3 Å². The van der Waals surface area contributed by atoms with E-state index in [1.165, 1.54) is 6.42 Å². The van der Waals surface area contributed by atoms with Crippen molar-refractivity contribution in [2.45, 2.75) is 31.9 Å². The molecule has 15 heavy (non-hydrogen) atoms. The molecule has 0 aliphatic carbocycles. The predicted molar refractivity (Wildman–Crippen MR) is 58.7 cm³/mol. The molecular formula is C11H19N3O. The smallest absolute Gasteiger partial charge is 0.0779 e. The molecule has 1 N–H and O–H groups in total. The fourth-order valence-electron chi connectivity index (χ4n) is 1.97. The topological polar surface area (TPSA) is 39.1 Å². The van der Waals surface area contributed by atoms with Crippen LogP contribution in [0.5, 0.6) is 0 Å². The van der Waals surface area contributed by atoms with Crippen molar-refractivity contribution in [1.82, 2.24) is 15.1 Å². The number of hydrogen-bond donors (Lipinski definition) is 1. The quantitative estimate of drug-likeness (QED) is 0.805. The first-order chi connectivity index (χ1) is 7.29. The summed E-state index contributed by atoms with van der Waals surface area (Å²) in [5.74, 6) is 0. The van der Waals surface area contributed by atoms with Crippen LogP contribution in [0.25, 0.3) is 0 Å². The van der Waals surface area contributed by atoms with Gasteiger partial charge in [0, 0.05) is 18.9 Å². The van der Waals surface area contributed by atoms with Crippen molar-refractivity contribution in [3.63, 3.8) is 0 Å². The Bertz CT molecular complexity index is 278. The molecule has 0 spiro atoms. The molecule has 1 aromatic rings. The van der Waals surface area contributed by atoms with Crippen LogP contribution >= 0.6 is 0 Å². The highest BCUT2D eigenvalue weighted by Gasteiger charge is 2.26. The zero-order valence-corrected chi connectivity index (χ0v) is 9.28. The molecule has 1 aromatic heterocycles. The van der Waals surface area contributed by atoms with Gasteiger partial charge in [0.1, 0.15) is 0 Å². The molecule has 2 rings (SSSR count). The average Bonchev–Trinajstić information content (AvgIpc) is 2.71. The first kappa shape index (κ1) is 10.6. The van der Waals surface area contributed by atoms with Crippen molar-refractivity contribution in [3.8, 4) is 0 Å². The molecule has 1 unspecified atom stereocenters. The van der Waals surface area contributed by atoms with Gasteiger partial charge in [0.2, 0.25) is 0 Å². The lowest BCUT2D eigenvalue weighted by atomic mass is 9.96. The second-order valence-corrected chi connectivity index (χ2v) is 4.35. The monoisotopic (exact) mass is 209 g/mol. The van der Waals surface area contributed by atoms with Gasteiger partial charge in [-0.15, -0.1) is 0 Å². The van der Waals surface area contributed by atoms with Crippen LogP contribution in [-0.2, 0) is 11.3 Å². The lowest BCUT2D eigenvalue weighted by molar-refractivity contribution is -0.0502. The van der Waals surface area contributed by atoms with Gasteiger partial charge in [0.15, 0.2) is 0 Å². The predicted octanol–water partition coefficient (Wildman–Crippen LogP) is 1.04. The number of hydrogen-bond acceptors (Lipinski definition) is 3. The van der Waals surface area contributed by atoms with Crippen LogP contribution < -0.4 is 5.32 Å². The van der Waals surface area contributed by atoms with Gasteiger partial charge in [-0.1, -0.05) is 0 Å². The first-order valence-electron chi connectivity index (χ1n) is 5.61. The summed E-state index contributed by atoms with van der Waals surface area (Å²) in [5.41, 5.74) is 0.0192. The van der Waals surface area contributed by atoms with Gasteiger partial charge in [-0.3, -0.25) is 4.68 Å². The van der Waals surface area contributed by atoms with Gasteiger partial charge in [-0.25, -0.2) is 0 Å². The van der Waals surface area contributed by atoms with E-state index in [-0.39, 0.29) is 5.60 Å². The van der Waals surface area contributed by atoms with Gasteiger partial charge >= 0.3 is 0 Å². The Hall–Kier alpha value is -0.870. The number of rotatable bonds is 4. The number of nitrogens with zero attached hydrogens (tertiary/aromatic N) is 2. The van der Waals surface area contributed by atoms with Crippen molar-refractivity contribution in [3.05, 3.63) is 18.5 Å². The zero-order chi connectivity index (χ0) is 10.6. The lowest BCUT2D eigenvalue weighted by Crippen LogP contribution is -2.45. The van der Waals surface area contributed by atoms with Crippen molar-refractivity contribution in [1.29, 1.82) is 0 Å². The molecule has 4 heteroatoms. The van der Waals surface area contributed by atoms with Crippen LogP contribution in [0.2, 0.25) is 0 Å². The second kappa shape index (κ2) is 4.77. The highest BCUT2D eigenvalue weighted by molar-refractivity contribution is 4.83. The molecule has 1 aliphatic rings. The van der Waals surface area contributed by atoms with Crippen molar-refractivity contribution < 1.29 is 4.74 Å². The van der Waals surface area contributed by atoms with Crippen LogP contribution in [0.15, 0.2) is 18.5 Å². The molecular weight excluding hydrogens is 190 g/mol. The summed E-state index contributed by atoms with van der Waals surface area (Å²) in [7, 11) is 0. The van der Waals surface area contributed by atoms with Gasteiger partial charge in [-0.2, -0.15) is 5.10 Å². The van der Waals surface area contributed by atoms with E-state index < -0.39 is 0 Å². The van der Waals surface area contributed by atoms with Gasteiger partial charge in [-0.05, 0) is 32.4 Å². The number of nitrogens with one attached hydrogen (secondary N) is 1. The SMILES string of the molecule is CC1(OCCn2cccn2)CCCNC1. The van der Waals surface area contributed by atoms with Gasteiger partial charge in [0.05, 0.1) is 18.8 Å². The normalized spacial score (nSPS) is 26.7. The summed E-state index contributed by atoms with van der Waals surface area (Å²) < 4.78 is 7.82. The third-order valence-corrected chi connectivity index (χ3v) is 2.89. The van der Waals surface area contributed by atoms with E-state index in [1.807, 2.05) is 16.9 Å². The Kier molecular flexibility index (Phi) is 3.38. The Labute approximate surface area is 90.6 Å². The zero-order valence-electron chi connectivity index (χ0n) is 9.28. The molecule has 84 valence electrons. The fraction of sp³-hybridized carbons (Fsp3) is 0.727. The third-order valence-electron chi connectivity index (χ3n) is 2.89. The summed E-state index contributed by atoms with van der Waals surface area (Å²) in [6.45, 7) is 5.84. The Balaban J connectivity index is 1.72. The minimum atomic E-state index is 0.0192. The fourth-order valence-corrected chi connectivity index (χ4v) is 1.97. The molecule has 0 radical (unpaired) electrons. The van der Waals surface area contributed by atoms with E-state index >= 15 is 0 Å². The maximum atomic E-state index is 5.92. The van der Waals surface area contributed by atoms with Crippen molar-refractivity contribution in [2.24, 2.45) is 0 Å². The molecule has 1 fully saturated rings. The maximum Gasteiger partial charge on any atom is 0.0779 e. The van der Waals surface area contributed by atoms with E-state index in [1.54, 1.807) is 6.20 Å². The standard InChI is InChI=1S/C11H19N3O/c1-11(4-2-5-12-10-11)15-9-8-14-7-3-6-13-14/h3,6-7,12H,2,4-5,8-10H2,1H3. The number of aromatic nitrogens is 2. The molecule has 0 amide bonds. The molecule has 1 atom stereocenters. The molecule has 1 aliphatic heterocycles. The van der Waals surface area contributed by atoms with E-state index in [0.29, 0.717) is 0 Å². The Morgan fingerprint density at radius 2 is 2.53 bits per heavy atom. The van der Waals surface area contributed by atoms with E-state index in [0.717, 1.165) is 32.7 Å². The van der Waals surface area contributed by atoms with Crippen molar-refractivity contribution >= 4 is 0 Å². The van der Waals surface area contributed by atoms with E-state index in [4.69, 9.17) is 4.74 Å². The van der Waals surface area contributed by atoms with Crippen LogP contribution in [0, 0.1) is 0 Å². The molecule has 4 nitrogen and oxygen atoms in total. The molecule has 0 bridgehead atoms. The molecule has 0 aromatic carbocycles. The van der Waals surface area contributed by atoms with Crippen molar-refractivity contribution in [2.75, 3.05) is 19.7 Å². The average molecular weight is 209 g/mol. The Morgan fingerprint density at radius 1 is 1.60 bits per heavy atom. The summed E-state index contributed by atoms with van der Waals surface area (Å²) in [6.07, 6.45) is 6.12. The minimum absolute atomic E-state index is 0.0192. The largest absolute Gasteiger partial charge is 0.372 e. The van der Waals surface area contributed by atoms with Crippen LogP contribution in [-0.4, -0.2) is 35.1 Å². The van der Waals surface area contributed by atoms with Gasteiger partial charge < -0.3 is 10.1 Å². The number of ether oxygens (including phenoxy) is 1.